The molecule has 0 N–H and O–H groups in total. The Morgan fingerprint density at radius 1 is 1.08 bits per heavy atom. The zero-order chi connectivity index (χ0) is 9.72. The Bertz CT molecular complexity index is 245. The molecule has 1 rings (SSSR count). The maximum atomic E-state index is 5.21. The average molecular weight is 410 g/mol. The van der Waals surface area contributed by atoms with E-state index in [1.165, 1.54) is 15.3 Å². The van der Waals surface area contributed by atoms with Gasteiger partial charge in [0.2, 0.25) is 0 Å². The zero-order valence-electron chi connectivity index (χ0n) is 7.57. The van der Waals surface area contributed by atoms with Gasteiger partial charge in [-0.3, -0.25) is 0 Å². The summed E-state index contributed by atoms with van der Waals surface area (Å²) in [6, 6.07) is 0. The summed E-state index contributed by atoms with van der Waals surface area (Å²) >= 11 is 6.04. The molecule has 70 valence electrons. The van der Waals surface area contributed by atoms with Gasteiger partial charge in [0.1, 0.15) is 5.75 Å². The number of thiophene rings is 1. The molecule has 0 saturated carbocycles. The smallest absolute Gasteiger partial charge is 0.135 e. The van der Waals surface area contributed by atoms with Crippen molar-refractivity contribution in [3.63, 3.8) is 0 Å². The van der Waals surface area contributed by atoms with Gasteiger partial charge in [-0.05, 0) is 20.8 Å². The van der Waals surface area contributed by atoms with E-state index in [0.717, 1.165) is 5.75 Å². The highest BCUT2D eigenvalue weighted by atomic mass is 128. The van der Waals surface area contributed by atoms with Gasteiger partial charge in [0.05, 0.1) is 7.11 Å². The maximum Gasteiger partial charge on any atom is 0.135 e. The molecule has 0 radical (unpaired) electrons. The first-order valence-corrected chi connectivity index (χ1v) is 10.5. The molecule has 1 heterocycles. The minimum atomic E-state index is 1.06. The molecule has 0 aliphatic heterocycles. The van der Waals surface area contributed by atoms with Gasteiger partial charge >= 0.3 is 0 Å². The minimum Gasteiger partial charge on any atom is -0.495 e. The summed E-state index contributed by atoms with van der Waals surface area (Å²) in [5.41, 5.74) is 1.28. The number of hydrogen-bond acceptors (Lipinski definition) is 2. The average Bonchev–Trinajstić information content (AvgIpc) is 2.31. The molecule has 4 heteroatoms. The van der Waals surface area contributed by atoms with E-state index < -0.39 is 0 Å². The standard InChI is InChI=1S/C8H12OS.I2/c1-5-6(2)10-7(3)8(5)9-4;1-2/h1-4H3;. The van der Waals surface area contributed by atoms with E-state index in [2.05, 4.69) is 58.0 Å². The van der Waals surface area contributed by atoms with Crippen molar-refractivity contribution in [1.82, 2.24) is 0 Å². The van der Waals surface area contributed by atoms with Crippen molar-refractivity contribution in [2.45, 2.75) is 20.8 Å². The van der Waals surface area contributed by atoms with Crippen LogP contribution in [0.3, 0.4) is 0 Å². The molecular formula is C8H12I2OS. The molecule has 0 fully saturated rings. The molecule has 0 atom stereocenters. The van der Waals surface area contributed by atoms with Gasteiger partial charge in [0.25, 0.3) is 0 Å². The molecule has 1 aromatic heterocycles. The summed E-state index contributed by atoms with van der Waals surface area (Å²) in [5.74, 6) is 1.06. The molecule has 0 unspecified atom stereocenters. The highest BCUT2D eigenvalue weighted by Crippen LogP contribution is 2.32. The number of hydrogen-bond donors (Lipinski definition) is 0. The lowest BCUT2D eigenvalue weighted by molar-refractivity contribution is 0.411. The van der Waals surface area contributed by atoms with Crippen LogP contribution in [0.5, 0.6) is 5.75 Å². The first-order valence-electron chi connectivity index (χ1n) is 3.41. The fourth-order valence-corrected chi connectivity index (χ4v) is 2.11. The van der Waals surface area contributed by atoms with Crippen LogP contribution in [-0.4, -0.2) is 7.11 Å². The van der Waals surface area contributed by atoms with E-state index in [4.69, 9.17) is 4.74 Å². The number of aryl methyl sites for hydroxylation is 2. The van der Waals surface area contributed by atoms with Crippen molar-refractivity contribution in [2.75, 3.05) is 7.11 Å². The monoisotopic (exact) mass is 410 g/mol. The van der Waals surface area contributed by atoms with Crippen LogP contribution in [0.15, 0.2) is 0 Å². The zero-order valence-corrected chi connectivity index (χ0v) is 12.7. The molecule has 0 aliphatic carbocycles. The van der Waals surface area contributed by atoms with Crippen LogP contribution in [0, 0.1) is 20.8 Å². The Hall–Kier alpha value is 0.960. The van der Waals surface area contributed by atoms with Crippen molar-refractivity contribution in [3.05, 3.63) is 15.3 Å². The van der Waals surface area contributed by atoms with Crippen molar-refractivity contribution >= 4 is 48.6 Å². The van der Waals surface area contributed by atoms with Gasteiger partial charge in [-0.1, -0.05) is 0 Å². The molecule has 0 amide bonds. The quantitative estimate of drug-likeness (QED) is 0.622. The fraction of sp³-hybridized carbons (Fsp3) is 0.500. The van der Waals surface area contributed by atoms with Gasteiger partial charge in [0, 0.05) is 52.5 Å². The number of ether oxygens (including phenoxy) is 1. The highest BCUT2D eigenvalue weighted by Gasteiger charge is 2.07. The first-order chi connectivity index (χ1) is 5.66. The third-order valence-corrected chi connectivity index (χ3v) is 2.80. The Kier molecular flexibility index (Phi) is 6.93. The normalized spacial score (nSPS) is 8.83. The number of methoxy groups -OCH3 is 1. The molecule has 0 bridgehead atoms. The Labute approximate surface area is 101 Å². The molecule has 0 aliphatic rings. The van der Waals surface area contributed by atoms with E-state index in [0.29, 0.717) is 0 Å². The van der Waals surface area contributed by atoms with E-state index in [-0.39, 0.29) is 0 Å². The van der Waals surface area contributed by atoms with Crippen LogP contribution in [-0.2, 0) is 0 Å². The topological polar surface area (TPSA) is 9.23 Å². The fourth-order valence-electron chi connectivity index (χ4n) is 1.07. The lowest BCUT2D eigenvalue weighted by Crippen LogP contribution is -1.84. The molecule has 0 spiro atoms. The summed E-state index contributed by atoms with van der Waals surface area (Å²) in [6.45, 7) is 6.30. The molecule has 1 aromatic rings. The second kappa shape index (κ2) is 6.42. The van der Waals surface area contributed by atoms with Crippen molar-refractivity contribution in [3.8, 4) is 5.75 Å². The summed E-state index contributed by atoms with van der Waals surface area (Å²) in [4.78, 5) is 2.63. The van der Waals surface area contributed by atoms with E-state index in [1.54, 1.807) is 18.4 Å². The highest BCUT2D eigenvalue weighted by molar-refractivity contribution is 15.0. The third-order valence-electron chi connectivity index (χ3n) is 1.70. The Balaban J connectivity index is 0.000000561. The van der Waals surface area contributed by atoms with Crippen molar-refractivity contribution in [2.24, 2.45) is 0 Å². The Morgan fingerprint density at radius 2 is 1.58 bits per heavy atom. The second-order valence-electron chi connectivity index (χ2n) is 2.37. The van der Waals surface area contributed by atoms with Crippen LogP contribution in [0.25, 0.3) is 0 Å². The van der Waals surface area contributed by atoms with Crippen LogP contribution in [0.1, 0.15) is 15.3 Å². The first kappa shape index (κ1) is 13.0. The summed E-state index contributed by atoms with van der Waals surface area (Å²) < 4.78 is 5.21. The van der Waals surface area contributed by atoms with Gasteiger partial charge in [-0.2, -0.15) is 0 Å². The van der Waals surface area contributed by atoms with Gasteiger partial charge < -0.3 is 4.74 Å². The van der Waals surface area contributed by atoms with Crippen LogP contribution in [0.2, 0.25) is 0 Å². The summed E-state index contributed by atoms with van der Waals surface area (Å²) in [7, 11) is 1.72. The maximum absolute atomic E-state index is 5.21. The molecular weight excluding hydrogens is 398 g/mol. The predicted molar refractivity (Wildman–Crippen MR) is 73.1 cm³/mol. The third kappa shape index (κ3) is 3.02. The van der Waals surface area contributed by atoms with Gasteiger partial charge in [0.15, 0.2) is 0 Å². The van der Waals surface area contributed by atoms with Crippen molar-refractivity contribution in [1.29, 1.82) is 0 Å². The minimum absolute atomic E-state index is 1.06. The Morgan fingerprint density at radius 3 is 1.75 bits per heavy atom. The van der Waals surface area contributed by atoms with Crippen LogP contribution in [0.4, 0.5) is 0 Å². The second-order valence-corrected chi connectivity index (χ2v) is 3.80. The van der Waals surface area contributed by atoms with E-state index in [9.17, 15) is 0 Å². The summed E-state index contributed by atoms with van der Waals surface area (Å²) in [5, 5.41) is 0. The lowest BCUT2D eigenvalue weighted by Gasteiger charge is -1.98. The van der Waals surface area contributed by atoms with Gasteiger partial charge in [-0.15, -0.1) is 11.3 Å². The molecule has 0 aromatic carbocycles. The molecule has 0 saturated heterocycles. The lowest BCUT2D eigenvalue weighted by atomic mass is 10.2. The number of rotatable bonds is 1. The van der Waals surface area contributed by atoms with Gasteiger partial charge in [-0.25, -0.2) is 0 Å². The summed E-state index contributed by atoms with van der Waals surface area (Å²) in [6.07, 6.45) is 0. The van der Waals surface area contributed by atoms with Crippen LogP contribution >= 0.6 is 48.6 Å². The van der Waals surface area contributed by atoms with Crippen molar-refractivity contribution < 1.29 is 4.74 Å². The van der Waals surface area contributed by atoms with Crippen LogP contribution < -0.4 is 4.74 Å². The largest absolute Gasteiger partial charge is 0.495 e. The number of halogens is 2. The molecule has 12 heavy (non-hydrogen) atoms. The SMILES string of the molecule is COc1c(C)sc(C)c1C.II. The van der Waals surface area contributed by atoms with E-state index >= 15 is 0 Å². The predicted octanol–water partition coefficient (Wildman–Crippen LogP) is 4.45. The van der Waals surface area contributed by atoms with E-state index in [1.807, 2.05) is 0 Å². The molecule has 1 nitrogen and oxygen atoms in total.